The van der Waals surface area contributed by atoms with Crippen LogP contribution in [0.5, 0.6) is 0 Å². The van der Waals surface area contributed by atoms with Crippen molar-refractivity contribution >= 4 is 21.0 Å². The van der Waals surface area contributed by atoms with E-state index in [1.165, 1.54) is 6.07 Å². The molecule has 0 bridgehead atoms. The minimum Gasteiger partial charge on any atom is -0.443 e. The number of rotatable bonds is 2. The third-order valence-electron chi connectivity index (χ3n) is 2.08. The van der Waals surface area contributed by atoms with E-state index >= 15 is 0 Å². The van der Waals surface area contributed by atoms with Crippen molar-refractivity contribution in [2.24, 2.45) is 10.9 Å². The molecule has 0 radical (unpaired) electrons. The van der Waals surface area contributed by atoms with Gasteiger partial charge in [0.2, 0.25) is 5.09 Å². The quantitative estimate of drug-likeness (QED) is 0.780. The molecule has 0 spiro atoms. The fourth-order valence-electron chi connectivity index (χ4n) is 1.32. The maximum atomic E-state index is 11.0. The van der Waals surface area contributed by atoms with E-state index in [0.29, 0.717) is 17.5 Å². The molecular formula is C9H10N2O3S. The number of furan rings is 1. The summed E-state index contributed by atoms with van der Waals surface area (Å²) in [5.74, 6) is 0. The lowest BCUT2D eigenvalue weighted by atomic mass is 10.2. The number of hydrogen-bond acceptors (Lipinski definition) is 4. The van der Waals surface area contributed by atoms with Crippen LogP contribution in [0.4, 0.5) is 0 Å². The van der Waals surface area contributed by atoms with Gasteiger partial charge in [0.1, 0.15) is 5.58 Å². The van der Waals surface area contributed by atoms with Crippen LogP contribution in [0.1, 0.15) is 5.56 Å². The SMILES string of the molecule is NCc1ccc2cc(S(N)(=O)=O)oc2c1. The van der Waals surface area contributed by atoms with Gasteiger partial charge in [0.25, 0.3) is 10.0 Å². The Bertz CT molecular complexity index is 601. The third kappa shape index (κ3) is 1.87. The molecule has 0 aliphatic rings. The molecule has 0 atom stereocenters. The average molecular weight is 226 g/mol. The Morgan fingerprint density at radius 2 is 2.00 bits per heavy atom. The fraction of sp³-hybridized carbons (Fsp3) is 0.111. The lowest BCUT2D eigenvalue weighted by Crippen LogP contribution is -2.10. The number of sulfonamides is 1. The molecule has 80 valence electrons. The van der Waals surface area contributed by atoms with E-state index in [1.54, 1.807) is 12.1 Å². The molecule has 1 aromatic heterocycles. The smallest absolute Gasteiger partial charge is 0.271 e. The first-order valence-corrected chi connectivity index (χ1v) is 5.80. The molecule has 0 fully saturated rings. The van der Waals surface area contributed by atoms with Crippen LogP contribution in [-0.2, 0) is 16.6 Å². The van der Waals surface area contributed by atoms with Crippen LogP contribution in [0.25, 0.3) is 11.0 Å². The van der Waals surface area contributed by atoms with Crippen molar-refractivity contribution in [3.05, 3.63) is 29.8 Å². The largest absolute Gasteiger partial charge is 0.443 e. The van der Waals surface area contributed by atoms with Gasteiger partial charge in [-0.3, -0.25) is 0 Å². The summed E-state index contributed by atoms with van der Waals surface area (Å²) < 4.78 is 27.1. The maximum Gasteiger partial charge on any atom is 0.271 e. The Morgan fingerprint density at radius 3 is 2.60 bits per heavy atom. The monoisotopic (exact) mass is 226 g/mol. The average Bonchev–Trinajstić information content (AvgIpc) is 2.59. The maximum absolute atomic E-state index is 11.0. The number of primary sulfonamides is 1. The number of hydrogen-bond donors (Lipinski definition) is 2. The van der Waals surface area contributed by atoms with E-state index < -0.39 is 10.0 Å². The van der Waals surface area contributed by atoms with Crippen molar-refractivity contribution < 1.29 is 12.8 Å². The summed E-state index contributed by atoms with van der Waals surface area (Å²) in [6.07, 6.45) is 0. The second-order valence-corrected chi connectivity index (χ2v) is 4.68. The van der Waals surface area contributed by atoms with Gasteiger partial charge in [0.15, 0.2) is 0 Å². The highest BCUT2D eigenvalue weighted by Crippen LogP contribution is 2.22. The molecule has 0 aliphatic heterocycles. The highest BCUT2D eigenvalue weighted by Gasteiger charge is 2.14. The van der Waals surface area contributed by atoms with E-state index in [-0.39, 0.29) is 5.09 Å². The molecule has 1 aromatic carbocycles. The van der Waals surface area contributed by atoms with Crippen LogP contribution < -0.4 is 10.9 Å². The van der Waals surface area contributed by atoms with Gasteiger partial charge >= 0.3 is 0 Å². The van der Waals surface area contributed by atoms with E-state index in [1.807, 2.05) is 6.07 Å². The summed E-state index contributed by atoms with van der Waals surface area (Å²) >= 11 is 0. The first-order chi connectivity index (χ1) is 7.00. The third-order valence-corrected chi connectivity index (χ3v) is 2.84. The van der Waals surface area contributed by atoms with E-state index in [9.17, 15) is 8.42 Å². The molecular weight excluding hydrogens is 216 g/mol. The number of fused-ring (bicyclic) bond motifs is 1. The van der Waals surface area contributed by atoms with Crippen molar-refractivity contribution in [3.8, 4) is 0 Å². The van der Waals surface area contributed by atoms with Crippen LogP contribution in [0.3, 0.4) is 0 Å². The molecule has 15 heavy (non-hydrogen) atoms. The molecule has 2 aromatic rings. The van der Waals surface area contributed by atoms with E-state index in [0.717, 1.165) is 5.56 Å². The highest BCUT2D eigenvalue weighted by atomic mass is 32.2. The standard InChI is InChI=1S/C9H10N2O3S/c10-5-6-1-2-7-4-9(15(11,12)13)14-8(7)3-6/h1-4H,5,10H2,(H2,11,12,13). The van der Waals surface area contributed by atoms with Crippen molar-refractivity contribution in [2.45, 2.75) is 11.6 Å². The molecule has 0 saturated heterocycles. The molecule has 0 aliphatic carbocycles. The van der Waals surface area contributed by atoms with Crippen molar-refractivity contribution in [1.29, 1.82) is 0 Å². The topological polar surface area (TPSA) is 99.3 Å². The summed E-state index contributed by atoms with van der Waals surface area (Å²) in [6.45, 7) is 0.376. The molecule has 6 heteroatoms. The van der Waals surface area contributed by atoms with Crippen LogP contribution in [0, 0.1) is 0 Å². The minimum atomic E-state index is -3.78. The predicted octanol–water partition coefficient (Wildman–Crippen LogP) is 0.539. The lowest BCUT2D eigenvalue weighted by Gasteiger charge is -1.94. The van der Waals surface area contributed by atoms with Gasteiger partial charge in [-0.2, -0.15) is 0 Å². The second kappa shape index (κ2) is 3.34. The Balaban J connectivity index is 2.66. The summed E-state index contributed by atoms with van der Waals surface area (Å²) in [6, 6.07) is 6.65. The number of benzene rings is 1. The zero-order chi connectivity index (χ0) is 11.1. The normalized spacial score (nSPS) is 12.1. The van der Waals surface area contributed by atoms with Gasteiger partial charge in [-0.1, -0.05) is 12.1 Å². The first kappa shape index (κ1) is 10.2. The van der Waals surface area contributed by atoms with Crippen molar-refractivity contribution in [3.63, 3.8) is 0 Å². The molecule has 1 heterocycles. The van der Waals surface area contributed by atoms with E-state index in [4.69, 9.17) is 15.3 Å². The highest BCUT2D eigenvalue weighted by molar-refractivity contribution is 7.89. The fourth-order valence-corrected chi connectivity index (χ4v) is 1.82. The Hall–Kier alpha value is -1.37. The van der Waals surface area contributed by atoms with Gasteiger partial charge in [0, 0.05) is 18.0 Å². The minimum absolute atomic E-state index is 0.230. The summed E-state index contributed by atoms with van der Waals surface area (Å²) in [5, 5.41) is 5.41. The molecule has 0 saturated carbocycles. The first-order valence-electron chi connectivity index (χ1n) is 4.26. The number of nitrogens with two attached hydrogens (primary N) is 2. The van der Waals surface area contributed by atoms with Gasteiger partial charge in [-0.05, 0) is 11.6 Å². The molecule has 4 N–H and O–H groups in total. The Morgan fingerprint density at radius 1 is 1.27 bits per heavy atom. The van der Waals surface area contributed by atoms with Gasteiger partial charge < -0.3 is 10.2 Å². The summed E-state index contributed by atoms with van der Waals surface area (Å²) in [7, 11) is -3.78. The lowest BCUT2D eigenvalue weighted by molar-refractivity contribution is 0.482. The van der Waals surface area contributed by atoms with Crippen LogP contribution >= 0.6 is 0 Å². The second-order valence-electron chi connectivity index (χ2n) is 3.19. The van der Waals surface area contributed by atoms with Crippen LogP contribution in [0.15, 0.2) is 33.8 Å². The Kier molecular flexibility index (Phi) is 2.26. The van der Waals surface area contributed by atoms with Crippen molar-refractivity contribution in [1.82, 2.24) is 0 Å². The molecule has 2 rings (SSSR count). The van der Waals surface area contributed by atoms with Gasteiger partial charge in [0.05, 0.1) is 0 Å². The molecule has 0 amide bonds. The van der Waals surface area contributed by atoms with Gasteiger partial charge in [-0.25, -0.2) is 13.6 Å². The zero-order valence-corrected chi connectivity index (χ0v) is 8.62. The zero-order valence-electron chi connectivity index (χ0n) is 7.80. The van der Waals surface area contributed by atoms with E-state index in [2.05, 4.69) is 0 Å². The van der Waals surface area contributed by atoms with Crippen LogP contribution in [0.2, 0.25) is 0 Å². The Labute approximate surface area is 86.7 Å². The van der Waals surface area contributed by atoms with Gasteiger partial charge in [-0.15, -0.1) is 0 Å². The molecule has 0 unspecified atom stereocenters. The predicted molar refractivity (Wildman–Crippen MR) is 55.5 cm³/mol. The summed E-state index contributed by atoms with van der Waals surface area (Å²) in [5.41, 5.74) is 6.80. The summed E-state index contributed by atoms with van der Waals surface area (Å²) in [4.78, 5) is 0. The van der Waals surface area contributed by atoms with Crippen LogP contribution in [-0.4, -0.2) is 8.42 Å². The molecule has 5 nitrogen and oxygen atoms in total. The van der Waals surface area contributed by atoms with Crippen molar-refractivity contribution in [2.75, 3.05) is 0 Å².